The summed E-state index contributed by atoms with van der Waals surface area (Å²) in [5.41, 5.74) is 2.31. The first-order chi connectivity index (χ1) is 9.45. The average molecular weight is 276 g/mol. The molecule has 0 aliphatic rings. The minimum atomic E-state index is -0.133. The Bertz CT molecular complexity index is 438. The summed E-state index contributed by atoms with van der Waals surface area (Å²) in [5.74, 6) is 0. The van der Waals surface area contributed by atoms with E-state index in [0.29, 0.717) is 0 Å². The van der Waals surface area contributed by atoms with Crippen molar-refractivity contribution in [1.29, 1.82) is 0 Å². The number of amides is 2. The van der Waals surface area contributed by atoms with Crippen LogP contribution in [0.5, 0.6) is 0 Å². The van der Waals surface area contributed by atoms with Crippen LogP contribution in [0.15, 0.2) is 24.3 Å². The predicted molar refractivity (Wildman–Crippen MR) is 86.3 cm³/mol. The van der Waals surface area contributed by atoms with Crippen LogP contribution in [0.25, 0.3) is 0 Å². The molecule has 2 N–H and O–H groups in total. The number of anilines is 1. The summed E-state index contributed by atoms with van der Waals surface area (Å²) in [5, 5.41) is 5.83. The largest absolute Gasteiger partial charge is 0.335 e. The van der Waals surface area contributed by atoms with E-state index in [2.05, 4.69) is 50.5 Å². The maximum atomic E-state index is 11.9. The highest BCUT2D eigenvalue weighted by molar-refractivity contribution is 5.89. The number of nitrogens with one attached hydrogen (secondary N) is 2. The molecule has 0 saturated carbocycles. The number of carbonyl (C=O) groups excluding carboxylic acids is 1. The van der Waals surface area contributed by atoms with Gasteiger partial charge < -0.3 is 10.6 Å². The second kappa shape index (κ2) is 7.32. The molecule has 0 heterocycles. The van der Waals surface area contributed by atoms with Crippen LogP contribution in [0.1, 0.15) is 59.4 Å². The van der Waals surface area contributed by atoms with Gasteiger partial charge in [0.05, 0.1) is 0 Å². The zero-order valence-corrected chi connectivity index (χ0v) is 13.4. The lowest BCUT2D eigenvalue weighted by molar-refractivity contribution is 0.249. The third-order valence-corrected chi connectivity index (χ3v) is 4.37. The van der Waals surface area contributed by atoms with Gasteiger partial charge in [-0.2, -0.15) is 0 Å². The summed E-state index contributed by atoms with van der Waals surface area (Å²) in [7, 11) is 0. The molecule has 20 heavy (non-hydrogen) atoms. The van der Waals surface area contributed by atoms with Gasteiger partial charge in [0.25, 0.3) is 0 Å². The van der Waals surface area contributed by atoms with Gasteiger partial charge in [-0.25, -0.2) is 4.79 Å². The number of benzene rings is 1. The fourth-order valence-electron chi connectivity index (χ4n) is 2.12. The number of hydrogen-bond acceptors (Lipinski definition) is 1. The van der Waals surface area contributed by atoms with Gasteiger partial charge in [-0.05, 0) is 49.3 Å². The standard InChI is InChI=1S/C17H28N2O/c1-6-13(4)18-16(20)19-15-11-9-10-14(12-15)17(5,7-2)8-3/h9-13H,6-8H2,1-5H3,(H2,18,19,20). The minimum Gasteiger partial charge on any atom is -0.335 e. The first kappa shape index (κ1) is 16.5. The summed E-state index contributed by atoms with van der Waals surface area (Å²) >= 11 is 0. The van der Waals surface area contributed by atoms with Crippen molar-refractivity contribution in [2.45, 2.75) is 65.3 Å². The third-order valence-electron chi connectivity index (χ3n) is 4.37. The van der Waals surface area contributed by atoms with Crippen LogP contribution in [-0.2, 0) is 5.41 Å². The molecule has 0 aliphatic carbocycles. The van der Waals surface area contributed by atoms with Gasteiger partial charge in [-0.1, -0.05) is 39.8 Å². The predicted octanol–water partition coefficient (Wildman–Crippen LogP) is 4.68. The smallest absolute Gasteiger partial charge is 0.319 e. The number of hydrogen-bond donors (Lipinski definition) is 2. The van der Waals surface area contributed by atoms with E-state index in [0.717, 1.165) is 24.9 Å². The van der Waals surface area contributed by atoms with Crippen LogP contribution in [0.4, 0.5) is 10.5 Å². The Balaban J connectivity index is 2.81. The van der Waals surface area contributed by atoms with E-state index in [1.165, 1.54) is 5.56 Å². The summed E-state index contributed by atoms with van der Waals surface area (Å²) in [4.78, 5) is 11.9. The van der Waals surface area contributed by atoms with E-state index in [-0.39, 0.29) is 17.5 Å². The highest BCUT2D eigenvalue weighted by Gasteiger charge is 2.22. The summed E-state index contributed by atoms with van der Waals surface area (Å²) in [6, 6.07) is 8.23. The van der Waals surface area contributed by atoms with Gasteiger partial charge in [0.15, 0.2) is 0 Å². The third kappa shape index (κ3) is 4.26. The molecule has 0 saturated heterocycles. The normalized spacial score (nSPS) is 12.8. The Hall–Kier alpha value is -1.51. The van der Waals surface area contributed by atoms with Gasteiger partial charge >= 0.3 is 6.03 Å². The monoisotopic (exact) mass is 276 g/mol. The fraction of sp³-hybridized carbons (Fsp3) is 0.588. The summed E-state index contributed by atoms with van der Waals surface area (Å²) in [6.07, 6.45) is 3.11. The Morgan fingerprint density at radius 1 is 1.25 bits per heavy atom. The Morgan fingerprint density at radius 3 is 2.45 bits per heavy atom. The van der Waals surface area contributed by atoms with Gasteiger partial charge in [-0.15, -0.1) is 0 Å². The van der Waals surface area contributed by atoms with E-state index < -0.39 is 0 Å². The maximum absolute atomic E-state index is 11.9. The van der Waals surface area contributed by atoms with Crippen LogP contribution < -0.4 is 10.6 Å². The van der Waals surface area contributed by atoms with Crippen LogP contribution >= 0.6 is 0 Å². The molecule has 0 aromatic heterocycles. The second-order valence-electron chi connectivity index (χ2n) is 5.76. The zero-order chi connectivity index (χ0) is 15.2. The zero-order valence-electron chi connectivity index (χ0n) is 13.4. The van der Waals surface area contributed by atoms with E-state index in [1.807, 2.05) is 19.1 Å². The SMILES string of the molecule is CCC(C)NC(=O)Nc1cccc(C(C)(CC)CC)c1. The van der Waals surface area contributed by atoms with Gasteiger partial charge in [0.1, 0.15) is 0 Å². The van der Waals surface area contributed by atoms with Gasteiger partial charge in [-0.3, -0.25) is 0 Å². The van der Waals surface area contributed by atoms with Crippen LogP contribution in [0.3, 0.4) is 0 Å². The highest BCUT2D eigenvalue weighted by Crippen LogP contribution is 2.32. The number of rotatable bonds is 6. The maximum Gasteiger partial charge on any atom is 0.319 e. The first-order valence-electron chi connectivity index (χ1n) is 7.63. The van der Waals surface area contributed by atoms with Crippen molar-refractivity contribution in [3.63, 3.8) is 0 Å². The molecule has 2 amide bonds. The lowest BCUT2D eigenvalue weighted by Crippen LogP contribution is -2.35. The highest BCUT2D eigenvalue weighted by atomic mass is 16.2. The molecule has 0 bridgehead atoms. The van der Waals surface area contributed by atoms with Crippen molar-refractivity contribution in [2.75, 3.05) is 5.32 Å². The molecule has 1 aromatic rings. The molecule has 3 nitrogen and oxygen atoms in total. The first-order valence-corrected chi connectivity index (χ1v) is 7.63. The van der Waals surface area contributed by atoms with Gasteiger partial charge in [0, 0.05) is 11.7 Å². The summed E-state index contributed by atoms with van der Waals surface area (Å²) in [6.45, 7) is 10.7. The molecule has 0 aliphatic heterocycles. The molecule has 0 radical (unpaired) electrons. The topological polar surface area (TPSA) is 41.1 Å². The Morgan fingerprint density at radius 2 is 1.90 bits per heavy atom. The number of urea groups is 1. The van der Waals surface area contributed by atoms with Gasteiger partial charge in [0.2, 0.25) is 0 Å². The molecular formula is C17H28N2O. The van der Waals surface area contributed by atoms with Crippen molar-refractivity contribution in [3.8, 4) is 0 Å². The number of carbonyl (C=O) groups is 1. The van der Waals surface area contributed by atoms with Crippen molar-refractivity contribution in [2.24, 2.45) is 0 Å². The molecule has 0 fully saturated rings. The molecule has 3 heteroatoms. The fourth-order valence-corrected chi connectivity index (χ4v) is 2.12. The van der Waals surface area contributed by atoms with Crippen molar-refractivity contribution in [1.82, 2.24) is 5.32 Å². The van der Waals surface area contributed by atoms with Crippen molar-refractivity contribution >= 4 is 11.7 Å². The molecule has 1 unspecified atom stereocenters. The minimum absolute atomic E-state index is 0.133. The van der Waals surface area contributed by atoms with Crippen LogP contribution in [0.2, 0.25) is 0 Å². The van der Waals surface area contributed by atoms with Crippen LogP contribution in [0, 0.1) is 0 Å². The molecular weight excluding hydrogens is 248 g/mol. The molecule has 1 rings (SSSR count). The van der Waals surface area contributed by atoms with E-state index in [1.54, 1.807) is 0 Å². The molecule has 1 atom stereocenters. The quantitative estimate of drug-likeness (QED) is 0.778. The average Bonchev–Trinajstić information content (AvgIpc) is 2.46. The van der Waals surface area contributed by atoms with E-state index in [9.17, 15) is 4.79 Å². The van der Waals surface area contributed by atoms with E-state index in [4.69, 9.17) is 0 Å². The van der Waals surface area contributed by atoms with Crippen molar-refractivity contribution in [3.05, 3.63) is 29.8 Å². The van der Waals surface area contributed by atoms with E-state index >= 15 is 0 Å². The molecule has 1 aromatic carbocycles. The van der Waals surface area contributed by atoms with Crippen molar-refractivity contribution < 1.29 is 4.79 Å². The Kier molecular flexibility index (Phi) is 6.05. The lowest BCUT2D eigenvalue weighted by Gasteiger charge is -2.27. The second-order valence-corrected chi connectivity index (χ2v) is 5.76. The molecule has 112 valence electrons. The summed E-state index contributed by atoms with van der Waals surface area (Å²) < 4.78 is 0. The lowest BCUT2D eigenvalue weighted by atomic mass is 9.78. The molecule has 0 spiro atoms. The van der Waals surface area contributed by atoms with Crippen LogP contribution in [-0.4, -0.2) is 12.1 Å². The Labute approximate surface area is 123 Å².